The van der Waals surface area contributed by atoms with Crippen LogP contribution in [0.5, 0.6) is 0 Å². The molecular formula is C17H19FN6O. The zero-order chi connectivity index (χ0) is 17.8. The number of piperidine rings is 1. The predicted molar refractivity (Wildman–Crippen MR) is 93.1 cm³/mol. The molecule has 1 aliphatic rings. The van der Waals surface area contributed by atoms with E-state index < -0.39 is 5.82 Å². The fraction of sp³-hybridized carbons (Fsp3) is 0.294. The second-order valence-corrected chi connectivity index (χ2v) is 5.92. The van der Waals surface area contributed by atoms with Gasteiger partial charge >= 0.3 is 0 Å². The van der Waals surface area contributed by atoms with Gasteiger partial charge in [0.25, 0.3) is 0 Å². The number of hydrogen-bond acceptors (Lipinski definition) is 6. The highest BCUT2D eigenvalue weighted by Crippen LogP contribution is 2.24. The average molecular weight is 342 g/mol. The summed E-state index contributed by atoms with van der Waals surface area (Å²) in [6.07, 6.45) is 3.86. The SMILES string of the molecule is N=C(c1ccccc1F)c1c(N)ncnc1NC1CCCN(C=O)C1. The number of aromatic nitrogens is 2. The van der Waals surface area contributed by atoms with Crippen LogP contribution in [-0.2, 0) is 4.79 Å². The first-order chi connectivity index (χ1) is 12.1. The Morgan fingerprint density at radius 2 is 2.20 bits per heavy atom. The van der Waals surface area contributed by atoms with Gasteiger partial charge in [0.05, 0.1) is 11.3 Å². The Morgan fingerprint density at radius 1 is 1.40 bits per heavy atom. The largest absolute Gasteiger partial charge is 0.383 e. The van der Waals surface area contributed by atoms with Gasteiger partial charge in [-0.2, -0.15) is 0 Å². The molecule has 3 rings (SSSR count). The smallest absolute Gasteiger partial charge is 0.209 e. The van der Waals surface area contributed by atoms with E-state index in [1.807, 2.05) is 0 Å². The molecule has 2 heterocycles. The summed E-state index contributed by atoms with van der Waals surface area (Å²) in [7, 11) is 0. The van der Waals surface area contributed by atoms with Crippen molar-refractivity contribution in [3.63, 3.8) is 0 Å². The van der Waals surface area contributed by atoms with Crippen molar-refractivity contribution in [2.75, 3.05) is 24.1 Å². The molecule has 25 heavy (non-hydrogen) atoms. The minimum absolute atomic E-state index is 0.0135. The zero-order valence-electron chi connectivity index (χ0n) is 13.6. The van der Waals surface area contributed by atoms with Crippen molar-refractivity contribution < 1.29 is 9.18 Å². The van der Waals surface area contributed by atoms with Gasteiger partial charge in [-0.25, -0.2) is 14.4 Å². The summed E-state index contributed by atoms with van der Waals surface area (Å²) in [5, 5.41) is 11.6. The number of nitrogens with two attached hydrogens (primary N) is 1. The third-order valence-corrected chi connectivity index (χ3v) is 4.21. The lowest BCUT2D eigenvalue weighted by Crippen LogP contribution is -2.41. The maximum Gasteiger partial charge on any atom is 0.209 e. The molecule has 1 atom stereocenters. The molecule has 0 spiro atoms. The molecule has 0 aliphatic carbocycles. The number of nitrogen functional groups attached to an aromatic ring is 1. The third kappa shape index (κ3) is 3.57. The number of amides is 1. The molecule has 130 valence electrons. The Hall–Kier alpha value is -3.03. The average Bonchev–Trinajstić information content (AvgIpc) is 2.62. The lowest BCUT2D eigenvalue weighted by Gasteiger charge is -2.31. The fourth-order valence-electron chi connectivity index (χ4n) is 2.97. The van der Waals surface area contributed by atoms with Crippen LogP contribution in [0.1, 0.15) is 24.0 Å². The minimum Gasteiger partial charge on any atom is -0.383 e. The van der Waals surface area contributed by atoms with Gasteiger partial charge in [0.2, 0.25) is 6.41 Å². The van der Waals surface area contributed by atoms with Crippen LogP contribution < -0.4 is 11.1 Å². The summed E-state index contributed by atoms with van der Waals surface area (Å²) in [6, 6.07) is 6.01. The first-order valence-corrected chi connectivity index (χ1v) is 8.00. The highest BCUT2D eigenvalue weighted by molar-refractivity contribution is 6.16. The van der Waals surface area contributed by atoms with Gasteiger partial charge in [-0.05, 0) is 25.0 Å². The first-order valence-electron chi connectivity index (χ1n) is 8.00. The van der Waals surface area contributed by atoms with Crippen molar-refractivity contribution in [2.45, 2.75) is 18.9 Å². The maximum absolute atomic E-state index is 14.1. The van der Waals surface area contributed by atoms with Gasteiger partial charge in [0, 0.05) is 24.7 Å². The van der Waals surface area contributed by atoms with Crippen molar-refractivity contribution in [3.05, 3.63) is 47.5 Å². The van der Waals surface area contributed by atoms with Crippen LogP contribution in [0.2, 0.25) is 0 Å². The molecule has 1 fully saturated rings. The normalized spacial score (nSPS) is 17.2. The van der Waals surface area contributed by atoms with Gasteiger partial charge in [-0.3, -0.25) is 10.2 Å². The number of benzene rings is 1. The van der Waals surface area contributed by atoms with E-state index in [0.717, 1.165) is 25.8 Å². The Morgan fingerprint density at radius 3 is 2.96 bits per heavy atom. The van der Waals surface area contributed by atoms with Crippen LogP contribution in [0.15, 0.2) is 30.6 Å². The van der Waals surface area contributed by atoms with E-state index in [-0.39, 0.29) is 28.7 Å². The first kappa shape index (κ1) is 16.8. The Bertz CT molecular complexity index is 796. The number of nitrogens with zero attached hydrogens (tertiary/aromatic N) is 3. The molecule has 1 unspecified atom stereocenters. The summed E-state index contributed by atoms with van der Waals surface area (Å²) in [4.78, 5) is 20.8. The summed E-state index contributed by atoms with van der Waals surface area (Å²) < 4.78 is 14.1. The monoisotopic (exact) mass is 342 g/mol. The van der Waals surface area contributed by atoms with Crippen molar-refractivity contribution in [1.29, 1.82) is 5.41 Å². The fourth-order valence-corrected chi connectivity index (χ4v) is 2.97. The number of halogens is 1. The molecule has 7 nitrogen and oxygen atoms in total. The number of hydrogen-bond donors (Lipinski definition) is 3. The van der Waals surface area contributed by atoms with Crippen LogP contribution in [0.25, 0.3) is 0 Å². The lowest BCUT2D eigenvalue weighted by molar-refractivity contribution is -0.119. The van der Waals surface area contributed by atoms with Gasteiger partial charge in [0.1, 0.15) is 23.8 Å². The van der Waals surface area contributed by atoms with Crippen molar-refractivity contribution in [2.24, 2.45) is 0 Å². The standard InChI is InChI=1S/C17H19FN6O/c18-13-6-2-1-5-12(13)15(19)14-16(20)21-9-22-17(14)23-11-4-3-7-24(8-11)10-25/h1-2,5-6,9-11,19H,3-4,7-8H2,(H3,20,21,22,23). The highest BCUT2D eigenvalue weighted by atomic mass is 19.1. The zero-order valence-corrected chi connectivity index (χ0v) is 13.6. The molecule has 0 radical (unpaired) electrons. The maximum atomic E-state index is 14.1. The second-order valence-electron chi connectivity index (χ2n) is 5.92. The van der Waals surface area contributed by atoms with E-state index >= 15 is 0 Å². The number of nitrogens with one attached hydrogen (secondary N) is 2. The topological polar surface area (TPSA) is 108 Å². The van der Waals surface area contributed by atoms with Crippen LogP contribution in [0.4, 0.5) is 16.0 Å². The van der Waals surface area contributed by atoms with Gasteiger partial charge in [-0.1, -0.05) is 12.1 Å². The molecule has 1 aromatic carbocycles. The molecule has 1 aliphatic heterocycles. The third-order valence-electron chi connectivity index (χ3n) is 4.21. The van der Waals surface area contributed by atoms with E-state index in [4.69, 9.17) is 11.1 Å². The number of likely N-dealkylation sites (tertiary alicyclic amines) is 1. The summed E-state index contributed by atoms with van der Waals surface area (Å²) in [6.45, 7) is 1.27. The van der Waals surface area contributed by atoms with Crippen LogP contribution in [0, 0.1) is 11.2 Å². The number of anilines is 2. The predicted octanol–water partition coefficient (Wildman–Crippen LogP) is 1.65. The molecule has 1 saturated heterocycles. The highest BCUT2D eigenvalue weighted by Gasteiger charge is 2.23. The number of carbonyl (C=O) groups is 1. The van der Waals surface area contributed by atoms with E-state index in [9.17, 15) is 9.18 Å². The molecule has 4 N–H and O–H groups in total. The van der Waals surface area contributed by atoms with Gasteiger partial charge in [0.15, 0.2) is 0 Å². The Balaban J connectivity index is 1.91. The molecule has 1 amide bonds. The van der Waals surface area contributed by atoms with Crippen molar-refractivity contribution in [3.8, 4) is 0 Å². The van der Waals surface area contributed by atoms with Crippen LogP contribution in [-0.4, -0.2) is 46.1 Å². The molecule has 2 aromatic rings. The Labute approximate surface area is 144 Å². The minimum atomic E-state index is -0.508. The van der Waals surface area contributed by atoms with Crippen molar-refractivity contribution >= 4 is 23.8 Å². The van der Waals surface area contributed by atoms with E-state index in [1.165, 1.54) is 18.5 Å². The van der Waals surface area contributed by atoms with E-state index in [0.29, 0.717) is 12.4 Å². The lowest BCUT2D eigenvalue weighted by atomic mass is 10.0. The molecule has 8 heteroatoms. The van der Waals surface area contributed by atoms with Gasteiger partial charge < -0.3 is 16.0 Å². The summed E-state index contributed by atoms with van der Waals surface area (Å²) in [5.41, 5.74) is 6.26. The summed E-state index contributed by atoms with van der Waals surface area (Å²) >= 11 is 0. The molecular weight excluding hydrogens is 323 g/mol. The quantitative estimate of drug-likeness (QED) is 0.565. The van der Waals surface area contributed by atoms with Crippen LogP contribution >= 0.6 is 0 Å². The van der Waals surface area contributed by atoms with E-state index in [1.54, 1.807) is 17.0 Å². The van der Waals surface area contributed by atoms with E-state index in [2.05, 4.69) is 15.3 Å². The van der Waals surface area contributed by atoms with Gasteiger partial charge in [-0.15, -0.1) is 0 Å². The summed E-state index contributed by atoms with van der Waals surface area (Å²) in [5.74, 6) is -0.0289. The van der Waals surface area contributed by atoms with Crippen molar-refractivity contribution in [1.82, 2.24) is 14.9 Å². The van der Waals surface area contributed by atoms with Crippen LogP contribution in [0.3, 0.4) is 0 Å². The molecule has 0 bridgehead atoms. The number of rotatable bonds is 5. The second kappa shape index (κ2) is 7.25. The molecule has 0 saturated carbocycles. The Kier molecular flexibility index (Phi) is 4.87. The number of carbonyl (C=O) groups excluding carboxylic acids is 1. The molecule has 1 aromatic heterocycles.